The lowest BCUT2D eigenvalue weighted by atomic mass is 9.78. The third kappa shape index (κ3) is 5.20. The molecule has 27 heavy (non-hydrogen) atoms. The van der Waals surface area contributed by atoms with E-state index in [2.05, 4.69) is 0 Å². The van der Waals surface area contributed by atoms with E-state index >= 15 is 0 Å². The maximum atomic E-state index is 12.7. The van der Waals surface area contributed by atoms with Gasteiger partial charge >= 0.3 is 5.97 Å². The van der Waals surface area contributed by atoms with Gasteiger partial charge in [-0.1, -0.05) is 48.5 Å². The monoisotopic (exact) mass is 380 g/mol. The van der Waals surface area contributed by atoms with Crippen molar-refractivity contribution in [2.75, 3.05) is 0 Å². The molecule has 0 unspecified atom stereocenters. The largest absolute Gasteiger partial charge is 0.493 e. The van der Waals surface area contributed by atoms with Crippen molar-refractivity contribution in [3.05, 3.63) is 11.3 Å². The molecular formula is C22H36O5. The highest BCUT2D eigenvalue weighted by molar-refractivity contribution is 5.98. The molecule has 0 spiro atoms. The highest BCUT2D eigenvalue weighted by Gasteiger charge is 2.43. The zero-order valence-electron chi connectivity index (χ0n) is 18.1. The summed E-state index contributed by atoms with van der Waals surface area (Å²) in [5.41, 5.74) is 0.666. The Morgan fingerprint density at radius 2 is 1.74 bits per heavy atom. The van der Waals surface area contributed by atoms with E-state index < -0.39 is 18.1 Å². The van der Waals surface area contributed by atoms with Crippen molar-refractivity contribution in [3.8, 4) is 0 Å². The van der Waals surface area contributed by atoms with Gasteiger partial charge in [-0.15, -0.1) is 0 Å². The third-order valence-electron chi connectivity index (χ3n) is 5.95. The summed E-state index contributed by atoms with van der Waals surface area (Å²) < 4.78 is 12.0. The fourth-order valence-electron chi connectivity index (χ4n) is 3.67. The fraction of sp³-hybridized carbons (Fsp3) is 0.773. The molecule has 0 aromatic heterocycles. The number of esters is 1. The second kappa shape index (κ2) is 10.0. The fourth-order valence-corrected chi connectivity index (χ4v) is 3.67. The second-order valence-electron chi connectivity index (χ2n) is 7.82. The Balaban J connectivity index is 3.18. The topological polar surface area (TPSA) is 69.7 Å². The van der Waals surface area contributed by atoms with Crippen LogP contribution in [0.25, 0.3) is 0 Å². The normalized spacial score (nSPS) is 24.7. The molecule has 0 aromatic rings. The first-order valence-corrected chi connectivity index (χ1v) is 10.2. The Hall–Kier alpha value is -1.65. The van der Waals surface area contributed by atoms with Crippen molar-refractivity contribution in [2.45, 2.75) is 86.9 Å². The second-order valence-corrected chi connectivity index (χ2v) is 7.82. The summed E-state index contributed by atoms with van der Waals surface area (Å²) >= 11 is 0. The molecule has 0 radical (unpaired) electrons. The molecule has 1 aliphatic heterocycles. The number of allylic oxidation sites excluding steroid dienone is 2. The first-order chi connectivity index (χ1) is 12.6. The van der Waals surface area contributed by atoms with Gasteiger partial charge in [0.05, 0.1) is 17.8 Å². The summed E-state index contributed by atoms with van der Waals surface area (Å²) in [5, 5.41) is 0. The van der Waals surface area contributed by atoms with Gasteiger partial charge in [-0.05, 0) is 13.3 Å². The summed E-state index contributed by atoms with van der Waals surface area (Å²) in [6.45, 7) is 14.9. The van der Waals surface area contributed by atoms with Crippen molar-refractivity contribution in [2.24, 2.45) is 23.7 Å². The van der Waals surface area contributed by atoms with Gasteiger partial charge < -0.3 is 9.47 Å². The molecule has 0 aliphatic carbocycles. The van der Waals surface area contributed by atoms with Crippen LogP contribution < -0.4 is 0 Å². The molecule has 154 valence electrons. The third-order valence-corrected chi connectivity index (χ3v) is 5.95. The average Bonchev–Trinajstić information content (AvgIpc) is 2.67. The van der Waals surface area contributed by atoms with Gasteiger partial charge in [-0.25, -0.2) is 0 Å². The van der Waals surface area contributed by atoms with Crippen molar-refractivity contribution in [1.82, 2.24) is 0 Å². The Morgan fingerprint density at radius 3 is 2.22 bits per heavy atom. The SMILES string of the molecule is CCC(=O)[C@H](C)[C@H](OC(=O)[C@H](C)CC)[C@H](C)[C@@H]1OC(CC)=C(C)C(=O)[C@H]1C. The van der Waals surface area contributed by atoms with E-state index in [1.54, 1.807) is 13.8 Å². The molecule has 0 fully saturated rings. The molecule has 6 atom stereocenters. The van der Waals surface area contributed by atoms with E-state index in [-0.39, 0.29) is 35.3 Å². The summed E-state index contributed by atoms with van der Waals surface area (Å²) in [7, 11) is 0. The molecule has 5 nitrogen and oxygen atoms in total. The number of hydrogen-bond donors (Lipinski definition) is 0. The van der Waals surface area contributed by atoms with E-state index in [4.69, 9.17) is 9.47 Å². The van der Waals surface area contributed by atoms with E-state index in [0.29, 0.717) is 30.6 Å². The van der Waals surface area contributed by atoms with Gasteiger partial charge in [-0.3, -0.25) is 14.4 Å². The molecule has 5 heteroatoms. The number of Topliss-reactive ketones (excluding diaryl/α,β-unsaturated/α-hetero) is 2. The number of ether oxygens (including phenoxy) is 2. The highest BCUT2D eigenvalue weighted by atomic mass is 16.5. The summed E-state index contributed by atoms with van der Waals surface area (Å²) in [6.07, 6.45) is 0.652. The number of carbonyl (C=O) groups is 3. The zero-order valence-corrected chi connectivity index (χ0v) is 18.1. The quantitative estimate of drug-likeness (QED) is 0.552. The summed E-state index contributed by atoms with van der Waals surface area (Å²) in [5.74, 6) is -0.804. The van der Waals surface area contributed by atoms with Gasteiger partial charge in [0, 0.05) is 24.3 Å². The minimum atomic E-state index is -0.615. The Bertz CT molecular complexity index is 592. The van der Waals surface area contributed by atoms with Crippen molar-refractivity contribution < 1.29 is 23.9 Å². The van der Waals surface area contributed by atoms with Crippen LogP contribution >= 0.6 is 0 Å². The van der Waals surface area contributed by atoms with Crippen LogP contribution in [0, 0.1) is 23.7 Å². The highest BCUT2D eigenvalue weighted by Crippen LogP contribution is 2.35. The van der Waals surface area contributed by atoms with E-state index in [9.17, 15) is 14.4 Å². The predicted octanol–water partition coefficient (Wildman–Crippen LogP) is 4.48. The number of ketones is 2. The smallest absolute Gasteiger partial charge is 0.308 e. The van der Waals surface area contributed by atoms with Crippen LogP contribution in [0.2, 0.25) is 0 Å². The van der Waals surface area contributed by atoms with Crippen LogP contribution in [0.3, 0.4) is 0 Å². The standard InChI is InChI=1S/C22H36O5/c1-9-12(4)22(25)27-20(13(5)17(23)10-2)16(8)21-15(7)19(24)14(6)18(11-3)26-21/h12-13,15-16,20-21H,9-11H2,1-8H3/t12-,13+,15-,16+,20+,21-/m1/s1. The van der Waals surface area contributed by atoms with Crippen LogP contribution in [0.5, 0.6) is 0 Å². The Labute approximate surface area is 163 Å². The van der Waals surface area contributed by atoms with Crippen LogP contribution in [-0.4, -0.2) is 29.7 Å². The molecule has 0 N–H and O–H groups in total. The molecule has 0 aromatic carbocycles. The molecule has 1 aliphatic rings. The molecule has 1 heterocycles. The zero-order chi connectivity index (χ0) is 20.9. The van der Waals surface area contributed by atoms with Gasteiger partial charge in [0.15, 0.2) is 5.78 Å². The Kier molecular flexibility index (Phi) is 8.70. The molecule has 0 saturated heterocycles. The number of hydrogen-bond acceptors (Lipinski definition) is 5. The van der Waals surface area contributed by atoms with E-state index in [1.807, 2.05) is 41.5 Å². The number of carbonyl (C=O) groups excluding carboxylic acids is 3. The van der Waals surface area contributed by atoms with Gasteiger partial charge in [-0.2, -0.15) is 0 Å². The summed E-state index contributed by atoms with van der Waals surface area (Å²) in [4.78, 5) is 37.5. The van der Waals surface area contributed by atoms with E-state index in [0.717, 1.165) is 0 Å². The maximum absolute atomic E-state index is 12.7. The van der Waals surface area contributed by atoms with Crippen LogP contribution in [0.4, 0.5) is 0 Å². The minimum absolute atomic E-state index is 0.0426. The first kappa shape index (κ1) is 23.4. The lowest BCUT2D eigenvalue weighted by Gasteiger charge is -2.39. The lowest BCUT2D eigenvalue weighted by molar-refractivity contribution is -0.166. The molecule has 0 saturated carbocycles. The van der Waals surface area contributed by atoms with Crippen LogP contribution in [0.1, 0.15) is 74.7 Å². The van der Waals surface area contributed by atoms with Gasteiger partial charge in [0.1, 0.15) is 23.8 Å². The van der Waals surface area contributed by atoms with Crippen LogP contribution in [0.15, 0.2) is 11.3 Å². The van der Waals surface area contributed by atoms with Crippen LogP contribution in [-0.2, 0) is 23.9 Å². The first-order valence-electron chi connectivity index (χ1n) is 10.2. The van der Waals surface area contributed by atoms with Gasteiger partial charge in [0.25, 0.3) is 0 Å². The molecular weight excluding hydrogens is 344 g/mol. The van der Waals surface area contributed by atoms with Crippen molar-refractivity contribution >= 4 is 17.5 Å². The summed E-state index contributed by atoms with van der Waals surface area (Å²) in [6, 6.07) is 0. The van der Waals surface area contributed by atoms with Crippen molar-refractivity contribution in [1.29, 1.82) is 0 Å². The molecule has 0 amide bonds. The maximum Gasteiger partial charge on any atom is 0.308 e. The predicted molar refractivity (Wildman–Crippen MR) is 105 cm³/mol. The average molecular weight is 381 g/mol. The number of rotatable bonds is 9. The van der Waals surface area contributed by atoms with Crippen molar-refractivity contribution in [3.63, 3.8) is 0 Å². The lowest BCUT2D eigenvalue weighted by Crippen LogP contribution is -2.47. The molecule has 1 rings (SSSR count). The van der Waals surface area contributed by atoms with Gasteiger partial charge in [0.2, 0.25) is 0 Å². The Morgan fingerprint density at radius 1 is 1.15 bits per heavy atom. The van der Waals surface area contributed by atoms with E-state index in [1.165, 1.54) is 0 Å². The minimum Gasteiger partial charge on any atom is -0.493 e. The molecule has 0 bridgehead atoms.